The van der Waals surface area contributed by atoms with Crippen LogP contribution in [0.2, 0.25) is 0 Å². The summed E-state index contributed by atoms with van der Waals surface area (Å²) in [6, 6.07) is 2.69. The van der Waals surface area contributed by atoms with Gasteiger partial charge in [-0.1, -0.05) is 48.5 Å². The van der Waals surface area contributed by atoms with Crippen LogP contribution in [0.25, 0.3) is 0 Å². The van der Waals surface area contributed by atoms with E-state index in [1.165, 1.54) is 11.4 Å². The minimum Gasteiger partial charge on any atom is -0.379 e. The smallest absolute Gasteiger partial charge is 0.0778 e. The molecule has 1 fully saturated rings. The molecule has 1 aliphatic heterocycles. The lowest BCUT2D eigenvalue weighted by Crippen LogP contribution is -2.22. The van der Waals surface area contributed by atoms with Crippen LogP contribution >= 0.6 is 0 Å². The third-order valence-corrected chi connectivity index (χ3v) is 3.37. The normalized spacial score (nSPS) is 19.5. The van der Waals surface area contributed by atoms with Crippen molar-refractivity contribution in [2.75, 3.05) is 13.2 Å². The van der Waals surface area contributed by atoms with Gasteiger partial charge in [-0.3, -0.25) is 4.68 Å². The molecule has 0 saturated carbocycles. The van der Waals surface area contributed by atoms with Crippen molar-refractivity contribution in [2.45, 2.75) is 72.3 Å². The van der Waals surface area contributed by atoms with Gasteiger partial charge in [0.05, 0.1) is 18.3 Å². The van der Waals surface area contributed by atoms with Gasteiger partial charge in [-0.05, 0) is 18.4 Å². The van der Waals surface area contributed by atoms with Crippen molar-refractivity contribution >= 4 is 0 Å². The quantitative estimate of drug-likeness (QED) is 0.798. The summed E-state index contributed by atoms with van der Waals surface area (Å²) >= 11 is 0. The van der Waals surface area contributed by atoms with Crippen molar-refractivity contribution in [3.63, 3.8) is 0 Å². The lowest BCUT2D eigenvalue weighted by Gasteiger charge is -2.22. The third-order valence-electron chi connectivity index (χ3n) is 3.37. The molecule has 0 N–H and O–H groups in total. The molecule has 0 bridgehead atoms. The molecule has 3 heteroatoms. The molecule has 0 radical (unpaired) electrons. The number of ether oxygens (including phenoxy) is 1. The van der Waals surface area contributed by atoms with E-state index < -0.39 is 0 Å². The van der Waals surface area contributed by atoms with Crippen molar-refractivity contribution in [1.29, 1.82) is 0 Å². The van der Waals surface area contributed by atoms with E-state index in [9.17, 15) is 0 Å². The van der Waals surface area contributed by atoms with E-state index in [-0.39, 0.29) is 5.41 Å². The largest absolute Gasteiger partial charge is 0.379 e. The molecule has 0 amide bonds. The van der Waals surface area contributed by atoms with Crippen LogP contribution in [0.3, 0.4) is 0 Å². The summed E-state index contributed by atoms with van der Waals surface area (Å²) in [6.45, 7) is 16.8. The van der Waals surface area contributed by atoms with Crippen LogP contribution in [-0.2, 0) is 10.2 Å². The SMILES string of the molecule is CC.CC(C)c1cc(C(C)(C)C)n(C2CCOC2)n1. The number of nitrogens with zero attached hydrogens (tertiary/aromatic N) is 2. The maximum Gasteiger partial charge on any atom is 0.0778 e. The van der Waals surface area contributed by atoms with Crippen LogP contribution in [-0.4, -0.2) is 23.0 Å². The number of hydrogen-bond donors (Lipinski definition) is 0. The molecule has 1 atom stereocenters. The van der Waals surface area contributed by atoms with Gasteiger partial charge < -0.3 is 4.74 Å². The first-order chi connectivity index (χ1) is 8.89. The summed E-state index contributed by atoms with van der Waals surface area (Å²) < 4.78 is 7.70. The molecule has 1 aromatic heterocycles. The van der Waals surface area contributed by atoms with E-state index >= 15 is 0 Å². The highest BCUT2D eigenvalue weighted by Crippen LogP contribution is 2.30. The minimum atomic E-state index is 0.142. The Morgan fingerprint density at radius 3 is 2.37 bits per heavy atom. The van der Waals surface area contributed by atoms with Crippen LogP contribution in [0.1, 0.15) is 78.2 Å². The van der Waals surface area contributed by atoms with Crippen LogP contribution < -0.4 is 0 Å². The van der Waals surface area contributed by atoms with Gasteiger partial charge in [0.1, 0.15) is 0 Å². The van der Waals surface area contributed by atoms with Crippen LogP contribution in [0, 0.1) is 0 Å². The van der Waals surface area contributed by atoms with Gasteiger partial charge in [0.25, 0.3) is 0 Å². The number of aromatic nitrogens is 2. The first kappa shape index (κ1) is 16.2. The van der Waals surface area contributed by atoms with Gasteiger partial charge in [-0.25, -0.2) is 0 Å². The summed E-state index contributed by atoms with van der Waals surface area (Å²) in [5.74, 6) is 0.486. The first-order valence-corrected chi connectivity index (χ1v) is 7.57. The summed E-state index contributed by atoms with van der Waals surface area (Å²) in [5, 5.41) is 4.79. The van der Waals surface area contributed by atoms with E-state index in [1.807, 2.05) is 13.8 Å². The predicted molar refractivity (Wildman–Crippen MR) is 80.8 cm³/mol. The zero-order valence-electron chi connectivity index (χ0n) is 13.7. The number of rotatable bonds is 2. The molecule has 1 aliphatic rings. The van der Waals surface area contributed by atoms with Crippen molar-refractivity contribution in [1.82, 2.24) is 9.78 Å². The second kappa shape index (κ2) is 6.56. The monoisotopic (exact) mass is 266 g/mol. The molecule has 110 valence electrons. The molecule has 0 aliphatic carbocycles. The van der Waals surface area contributed by atoms with Crippen molar-refractivity contribution in [3.8, 4) is 0 Å². The molecular formula is C16H30N2O. The molecule has 19 heavy (non-hydrogen) atoms. The molecule has 2 heterocycles. The van der Waals surface area contributed by atoms with E-state index in [0.29, 0.717) is 12.0 Å². The predicted octanol–water partition coefficient (Wildman–Crippen LogP) is 4.29. The Balaban J connectivity index is 0.000000861. The third kappa shape index (κ3) is 3.82. The lowest BCUT2D eigenvalue weighted by molar-refractivity contribution is 0.183. The summed E-state index contributed by atoms with van der Waals surface area (Å²) in [6.07, 6.45) is 1.09. The topological polar surface area (TPSA) is 27.1 Å². The average Bonchev–Trinajstić information content (AvgIpc) is 2.99. The fourth-order valence-electron chi connectivity index (χ4n) is 2.25. The summed E-state index contributed by atoms with van der Waals surface area (Å²) in [7, 11) is 0. The second-order valence-corrected chi connectivity index (χ2v) is 6.32. The van der Waals surface area contributed by atoms with Crippen molar-refractivity contribution in [3.05, 3.63) is 17.5 Å². The molecular weight excluding hydrogens is 236 g/mol. The van der Waals surface area contributed by atoms with E-state index in [1.54, 1.807) is 0 Å². The van der Waals surface area contributed by atoms with E-state index in [2.05, 4.69) is 45.4 Å². The maximum absolute atomic E-state index is 5.49. The van der Waals surface area contributed by atoms with Crippen LogP contribution in [0.15, 0.2) is 6.07 Å². The molecule has 1 aromatic rings. The first-order valence-electron chi connectivity index (χ1n) is 7.57. The zero-order valence-corrected chi connectivity index (χ0v) is 13.7. The average molecular weight is 266 g/mol. The second-order valence-electron chi connectivity index (χ2n) is 6.32. The van der Waals surface area contributed by atoms with Gasteiger partial charge in [0.2, 0.25) is 0 Å². The Hall–Kier alpha value is -0.830. The van der Waals surface area contributed by atoms with Crippen LogP contribution in [0.5, 0.6) is 0 Å². The fourth-order valence-corrected chi connectivity index (χ4v) is 2.25. The number of hydrogen-bond acceptors (Lipinski definition) is 2. The Morgan fingerprint density at radius 2 is 1.95 bits per heavy atom. The van der Waals surface area contributed by atoms with Gasteiger partial charge in [-0.15, -0.1) is 0 Å². The van der Waals surface area contributed by atoms with Crippen molar-refractivity contribution in [2.24, 2.45) is 0 Å². The highest BCUT2D eigenvalue weighted by Gasteiger charge is 2.27. The lowest BCUT2D eigenvalue weighted by atomic mass is 9.91. The minimum absolute atomic E-state index is 0.142. The zero-order chi connectivity index (χ0) is 14.6. The molecule has 0 aromatic carbocycles. The van der Waals surface area contributed by atoms with Gasteiger partial charge in [0.15, 0.2) is 0 Å². The standard InChI is InChI=1S/C14H24N2O.C2H6/c1-10(2)12-8-13(14(3,4)5)16(15-12)11-6-7-17-9-11;1-2/h8,10-11H,6-7,9H2,1-5H3;1-2H3. The molecule has 0 spiro atoms. The van der Waals surface area contributed by atoms with Gasteiger partial charge >= 0.3 is 0 Å². The Morgan fingerprint density at radius 1 is 1.32 bits per heavy atom. The van der Waals surface area contributed by atoms with E-state index in [0.717, 1.165) is 19.6 Å². The highest BCUT2D eigenvalue weighted by atomic mass is 16.5. The molecule has 1 saturated heterocycles. The molecule has 1 unspecified atom stereocenters. The highest BCUT2D eigenvalue weighted by molar-refractivity contribution is 5.21. The Labute approximate surface area is 118 Å². The van der Waals surface area contributed by atoms with Crippen molar-refractivity contribution < 1.29 is 4.74 Å². The molecule has 3 nitrogen and oxygen atoms in total. The summed E-state index contributed by atoms with van der Waals surface area (Å²) in [5.41, 5.74) is 2.67. The van der Waals surface area contributed by atoms with Gasteiger partial charge in [0, 0.05) is 17.7 Å². The van der Waals surface area contributed by atoms with E-state index in [4.69, 9.17) is 9.84 Å². The van der Waals surface area contributed by atoms with Gasteiger partial charge in [-0.2, -0.15) is 5.10 Å². The summed E-state index contributed by atoms with van der Waals surface area (Å²) in [4.78, 5) is 0. The van der Waals surface area contributed by atoms with Crippen LogP contribution in [0.4, 0.5) is 0 Å². The maximum atomic E-state index is 5.49. The molecule has 2 rings (SSSR count). The fraction of sp³-hybridized carbons (Fsp3) is 0.812. The Bertz CT molecular complexity index is 382. The Kier molecular flexibility index (Phi) is 5.60.